The number of oxazole rings is 1. The van der Waals surface area contributed by atoms with E-state index < -0.39 is 5.97 Å². The number of carbonyl (C=O) groups is 1. The summed E-state index contributed by atoms with van der Waals surface area (Å²) in [7, 11) is 0. The van der Waals surface area contributed by atoms with Crippen molar-refractivity contribution in [2.45, 2.75) is 19.9 Å². The molecular weight excluding hydrogens is 194 g/mol. The van der Waals surface area contributed by atoms with Gasteiger partial charge in [-0.2, -0.15) is 0 Å². The van der Waals surface area contributed by atoms with Gasteiger partial charge in [0.2, 0.25) is 5.88 Å². The monoisotopic (exact) mass is 203 g/mol. The predicted molar refractivity (Wildman–Crippen MR) is 46.2 cm³/mol. The van der Waals surface area contributed by atoms with Crippen LogP contribution in [-0.2, 0) is 17.8 Å². The van der Waals surface area contributed by atoms with Crippen molar-refractivity contribution in [3.63, 3.8) is 0 Å². The van der Waals surface area contributed by atoms with Gasteiger partial charge in [0.1, 0.15) is 6.54 Å². The Bertz CT molecular complexity index is 378. The van der Waals surface area contributed by atoms with Crippen LogP contribution in [0.5, 0.6) is 5.88 Å². The maximum Gasteiger partial charge on any atom is 0.323 e. The fourth-order valence-corrected chi connectivity index (χ4v) is 1.20. The second kappa shape index (κ2) is 3.61. The lowest BCUT2D eigenvalue weighted by atomic mass is 10.4. The molecule has 0 saturated carbocycles. The van der Waals surface area contributed by atoms with Gasteiger partial charge in [-0.25, -0.2) is 0 Å². The van der Waals surface area contributed by atoms with Crippen LogP contribution in [0.3, 0.4) is 0 Å². The maximum absolute atomic E-state index is 10.4. The third kappa shape index (κ3) is 1.89. The summed E-state index contributed by atoms with van der Waals surface area (Å²) in [5, 5.41) is 17.9. The van der Waals surface area contributed by atoms with Crippen molar-refractivity contribution in [2.24, 2.45) is 0 Å². The molecule has 2 N–H and O–H groups in total. The molecule has 5 nitrogen and oxygen atoms in total. The highest BCUT2D eigenvalue weighted by atomic mass is 32.1. The fraction of sp³-hybridized carbons (Fsp3) is 0.429. The van der Waals surface area contributed by atoms with Crippen LogP contribution >= 0.6 is 12.2 Å². The molecule has 1 rings (SSSR count). The van der Waals surface area contributed by atoms with Crippen molar-refractivity contribution in [3.05, 3.63) is 10.6 Å². The Morgan fingerprint density at radius 1 is 1.69 bits per heavy atom. The summed E-state index contributed by atoms with van der Waals surface area (Å²) in [6.45, 7) is 1.40. The van der Waals surface area contributed by atoms with Crippen molar-refractivity contribution in [1.82, 2.24) is 4.57 Å². The highest BCUT2D eigenvalue weighted by Crippen LogP contribution is 2.20. The number of nitrogens with zero attached hydrogens (tertiary/aromatic N) is 1. The van der Waals surface area contributed by atoms with Crippen LogP contribution in [0.2, 0.25) is 0 Å². The first kappa shape index (κ1) is 9.79. The Kier molecular flexibility index (Phi) is 2.72. The molecule has 0 bridgehead atoms. The van der Waals surface area contributed by atoms with Crippen molar-refractivity contribution < 1.29 is 19.4 Å². The van der Waals surface area contributed by atoms with Gasteiger partial charge in [0, 0.05) is 6.42 Å². The van der Waals surface area contributed by atoms with Crippen LogP contribution in [0.1, 0.15) is 12.7 Å². The number of rotatable bonds is 3. The van der Waals surface area contributed by atoms with E-state index in [2.05, 4.69) is 0 Å². The van der Waals surface area contributed by atoms with Gasteiger partial charge < -0.3 is 14.6 Å². The van der Waals surface area contributed by atoms with E-state index >= 15 is 0 Å². The van der Waals surface area contributed by atoms with Gasteiger partial charge in [-0.05, 0) is 12.2 Å². The summed E-state index contributed by atoms with van der Waals surface area (Å²) in [6.07, 6.45) is 0.474. The predicted octanol–water partition coefficient (Wildman–Crippen LogP) is 1.16. The van der Waals surface area contributed by atoms with Gasteiger partial charge in [-0.3, -0.25) is 9.36 Å². The van der Waals surface area contributed by atoms with E-state index in [1.807, 2.05) is 0 Å². The Morgan fingerprint density at radius 3 is 2.69 bits per heavy atom. The van der Waals surface area contributed by atoms with Crippen LogP contribution in [0, 0.1) is 4.84 Å². The van der Waals surface area contributed by atoms with Crippen LogP contribution < -0.4 is 0 Å². The Hall–Kier alpha value is -1.30. The zero-order valence-corrected chi connectivity index (χ0v) is 7.80. The first-order valence-corrected chi connectivity index (χ1v) is 4.10. The van der Waals surface area contributed by atoms with Crippen LogP contribution in [0.25, 0.3) is 0 Å². The molecule has 0 aliphatic heterocycles. The fourth-order valence-electron chi connectivity index (χ4n) is 0.948. The highest BCUT2D eigenvalue weighted by Gasteiger charge is 2.13. The number of aromatic hydroxyl groups is 1. The third-order valence-electron chi connectivity index (χ3n) is 1.55. The maximum atomic E-state index is 10.4. The molecule has 0 aromatic carbocycles. The number of carboxylic acids is 1. The highest BCUT2D eigenvalue weighted by molar-refractivity contribution is 7.71. The first-order chi connectivity index (χ1) is 6.06. The molecule has 0 spiro atoms. The summed E-state index contributed by atoms with van der Waals surface area (Å²) in [4.78, 5) is 10.3. The number of aryl methyl sites for hydroxylation is 1. The minimum Gasteiger partial charge on any atom is -0.492 e. The summed E-state index contributed by atoms with van der Waals surface area (Å²) in [5.74, 6) is -0.962. The molecule has 0 unspecified atom stereocenters. The van der Waals surface area contributed by atoms with Gasteiger partial charge in [-0.1, -0.05) is 6.92 Å². The second-order valence-corrected chi connectivity index (χ2v) is 2.80. The molecule has 0 fully saturated rings. The molecule has 0 saturated heterocycles. The largest absolute Gasteiger partial charge is 0.492 e. The average molecular weight is 203 g/mol. The molecule has 0 radical (unpaired) electrons. The topological polar surface area (TPSA) is 75.6 Å². The number of carboxylic acid groups (broad SMARTS) is 1. The zero-order valence-electron chi connectivity index (χ0n) is 6.98. The average Bonchev–Trinajstić information content (AvgIpc) is 2.31. The quantitative estimate of drug-likeness (QED) is 0.721. The van der Waals surface area contributed by atoms with E-state index in [1.54, 1.807) is 6.92 Å². The Balaban J connectivity index is 3.13. The minimum absolute atomic E-state index is 0.0169. The molecule has 1 heterocycles. The van der Waals surface area contributed by atoms with E-state index in [0.717, 1.165) is 4.57 Å². The lowest BCUT2D eigenvalue weighted by Crippen LogP contribution is -2.08. The lowest BCUT2D eigenvalue weighted by molar-refractivity contribution is -0.137. The van der Waals surface area contributed by atoms with Crippen molar-refractivity contribution >= 4 is 18.2 Å². The van der Waals surface area contributed by atoms with Gasteiger partial charge >= 0.3 is 5.97 Å². The van der Waals surface area contributed by atoms with Crippen molar-refractivity contribution in [2.75, 3.05) is 0 Å². The molecule has 0 aliphatic carbocycles. The molecule has 1 aromatic heterocycles. The van der Waals surface area contributed by atoms with Gasteiger partial charge in [-0.15, -0.1) is 0 Å². The molecule has 0 atom stereocenters. The Morgan fingerprint density at radius 2 is 2.31 bits per heavy atom. The van der Waals surface area contributed by atoms with Crippen LogP contribution in [0.4, 0.5) is 0 Å². The smallest absolute Gasteiger partial charge is 0.323 e. The minimum atomic E-state index is -1.07. The number of hydrogen-bond acceptors (Lipinski definition) is 4. The van der Waals surface area contributed by atoms with E-state index in [-0.39, 0.29) is 17.3 Å². The Labute approximate surface area is 79.2 Å². The molecular formula is C7H9NO4S. The summed E-state index contributed by atoms with van der Waals surface area (Å²) >= 11 is 4.72. The molecule has 13 heavy (non-hydrogen) atoms. The number of aliphatic carboxylic acids is 1. The normalized spacial score (nSPS) is 10.2. The van der Waals surface area contributed by atoms with Gasteiger partial charge in [0.25, 0.3) is 4.84 Å². The summed E-state index contributed by atoms with van der Waals surface area (Å²) in [6, 6.07) is 0. The molecule has 1 aromatic rings. The number of hydrogen-bond donors (Lipinski definition) is 2. The SMILES string of the molecule is CCc1oc(=S)n(CC(=O)O)c1O. The molecule has 0 amide bonds. The number of aromatic nitrogens is 1. The van der Waals surface area contributed by atoms with Crippen molar-refractivity contribution in [3.8, 4) is 5.88 Å². The summed E-state index contributed by atoms with van der Waals surface area (Å²) < 4.78 is 6.00. The van der Waals surface area contributed by atoms with Gasteiger partial charge in [0.05, 0.1) is 0 Å². The van der Waals surface area contributed by atoms with E-state index in [0.29, 0.717) is 12.2 Å². The molecule has 0 aliphatic rings. The standard InChI is InChI=1S/C7H9NO4S/c1-2-4-6(11)8(3-5(9)10)7(13)12-4/h11H,2-3H2,1H3,(H,9,10). The summed E-state index contributed by atoms with van der Waals surface area (Å²) in [5.41, 5.74) is 0. The van der Waals surface area contributed by atoms with E-state index in [9.17, 15) is 9.90 Å². The molecule has 6 heteroatoms. The zero-order chi connectivity index (χ0) is 10.0. The van der Waals surface area contributed by atoms with E-state index in [4.69, 9.17) is 21.7 Å². The molecule has 72 valence electrons. The first-order valence-electron chi connectivity index (χ1n) is 3.69. The third-order valence-corrected chi connectivity index (χ3v) is 1.85. The van der Waals surface area contributed by atoms with Gasteiger partial charge in [0.15, 0.2) is 5.76 Å². The van der Waals surface area contributed by atoms with Crippen LogP contribution in [-0.4, -0.2) is 20.7 Å². The lowest BCUT2D eigenvalue weighted by Gasteiger charge is -1.97. The second-order valence-electron chi connectivity index (χ2n) is 2.45. The van der Waals surface area contributed by atoms with Crippen molar-refractivity contribution in [1.29, 1.82) is 0 Å². The van der Waals surface area contributed by atoms with E-state index in [1.165, 1.54) is 0 Å². The van der Waals surface area contributed by atoms with Crippen LogP contribution in [0.15, 0.2) is 4.42 Å².